The summed E-state index contributed by atoms with van der Waals surface area (Å²) in [4.78, 5) is 7.38. The first kappa shape index (κ1) is 24.0. The van der Waals surface area contributed by atoms with Crippen LogP contribution >= 0.6 is 24.0 Å². The van der Waals surface area contributed by atoms with Crippen LogP contribution in [0.3, 0.4) is 0 Å². The zero-order chi connectivity index (χ0) is 21.0. The average molecular weight is 538 g/mol. The van der Waals surface area contributed by atoms with Crippen molar-refractivity contribution >= 4 is 35.6 Å². The van der Waals surface area contributed by atoms with E-state index in [0.717, 1.165) is 50.3 Å². The molecule has 1 aliphatic carbocycles. The Morgan fingerprint density at radius 3 is 2.71 bits per heavy atom. The van der Waals surface area contributed by atoms with Crippen molar-refractivity contribution in [2.24, 2.45) is 12.0 Å². The first-order valence-corrected chi connectivity index (χ1v) is 11.2. The fraction of sp³-hybridized carbons (Fsp3) is 0.609. The molecular formula is C23H35IN6O. The van der Waals surface area contributed by atoms with Crippen LogP contribution in [0.15, 0.2) is 29.3 Å². The molecule has 0 amide bonds. The van der Waals surface area contributed by atoms with Gasteiger partial charge >= 0.3 is 0 Å². The monoisotopic (exact) mass is 538 g/mol. The average Bonchev–Trinajstić information content (AvgIpc) is 3.45. The van der Waals surface area contributed by atoms with Gasteiger partial charge in [-0.2, -0.15) is 0 Å². The number of nitrogens with one attached hydrogen (secondary N) is 1. The van der Waals surface area contributed by atoms with Crippen LogP contribution in [0.4, 0.5) is 5.69 Å². The van der Waals surface area contributed by atoms with Gasteiger partial charge in [0.25, 0.3) is 0 Å². The van der Waals surface area contributed by atoms with Crippen molar-refractivity contribution in [1.29, 1.82) is 0 Å². The molecule has 1 spiro atoms. The molecule has 7 nitrogen and oxygen atoms in total. The summed E-state index contributed by atoms with van der Waals surface area (Å²) in [6.45, 7) is 7.87. The van der Waals surface area contributed by atoms with E-state index in [1.807, 2.05) is 25.5 Å². The molecule has 170 valence electrons. The highest BCUT2D eigenvalue weighted by Crippen LogP contribution is 2.50. The number of aliphatic imine (C=N–C) groups is 1. The number of anilines is 1. The third-order valence-electron chi connectivity index (χ3n) is 6.55. The van der Waals surface area contributed by atoms with Crippen LogP contribution in [-0.2, 0) is 23.7 Å². The second kappa shape index (κ2) is 10.8. The SMILES string of the molecule is CCOCCCNC(=NCc1nnc(C)n1C)N1CC2(CCCC2)c2ccccc21.I. The van der Waals surface area contributed by atoms with Crippen LogP contribution in [0.1, 0.15) is 56.2 Å². The van der Waals surface area contributed by atoms with Gasteiger partial charge < -0.3 is 19.5 Å². The lowest BCUT2D eigenvalue weighted by Gasteiger charge is -2.27. The molecular weight excluding hydrogens is 503 g/mol. The molecule has 1 fully saturated rings. The van der Waals surface area contributed by atoms with Crippen molar-refractivity contribution in [3.05, 3.63) is 41.5 Å². The predicted molar refractivity (Wildman–Crippen MR) is 135 cm³/mol. The maximum atomic E-state index is 5.51. The summed E-state index contributed by atoms with van der Waals surface area (Å²) >= 11 is 0. The zero-order valence-corrected chi connectivity index (χ0v) is 21.3. The highest BCUT2D eigenvalue weighted by molar-refractivity contribution is 14.0. The van der Waals surface area contributed by atoms with Gasteiger partial charge in [-0.25, -0.2) is 4.99 Å². The molecule has 4 rings (SSSR count). The van der Waals surface area contributed by atoms with Crippen LogP contribution in [0, 0.1) is 6.92 Å². The van der Waals surface area contributed by atoms with Gasteiger partial charge in [-0.05, 0) is 44.7 Å². The fourth-order valence-corrected chi connectivity index (χ4v) is 4.79. The number of aryl methyl sites for hydroxylation is 1. The molecule has 8 heteroatoms. The van der Waals surface area contributed by atoms with E-state index in [9.17, 15) is 0 Å². The molecule has 1 aliphatic heterocycles. The van der Waals surface area contributed by atoms with Crippen LogP contribution in [0.25, 0.3) is 0 Å². The van der Waals surface area contributed by atoms with Crippen molar-refractivity contribution in [3.63, 3.8) is 0 Å². The molecule has 1 aromatic heterocycles. The molecule has 0 unspecified atom stereocenters. The molecule has 2 heterocycles. The topological polar surface area (TPSA) is 67.6 Å². The van der Waals surface area contributed by atoms with Gasteiger partial charge in [0.15, 0.2) is 11.8 Å². The van der Waals surface area contributed by atoms with Crippen molar-refractivity contribution < 1.29 is 4.74 Å². The summed E-state index contributed by atoms with van der Waals surface area (Å²) in [5.41, 5.74) is 3.05. The Bertz CT molecular complexity index is 890. The van der Waals surface area contributed by atoms with Gasteiger partial charge in [0.2, 0.25) is 0 Å². The number of hydrogen-bond acceptors (Lipinski definition) is 4. The lowest BCUT2D eigenvalue weighted by Crippen LogP contribution is -2.44. The van der Waals surface area contributed by atoms with E-state index in [1.54, 1.807) is 0 Å². The lowest BCUT2D eigenvalue weighted by atomic mass is 9.81. The van der Waals surface area contributed by atoms with E-state index in [-0.39, 0.29) is 29.4 Å². The largest absolute Gasteiger partial charge is 0.382 e. The summed E-state index contributed by atoms with van der Waals surface area (Å²) in [6, 6.07) is 8.88. The van der Waals surface area contributed by atoms with Gasteiger partial charge in [-0.15, -0.1) is 34.2 Å². The van der Waals surface area contributed by atoms with E-state index < -0.39 is 0 Å². The Hall–Kier alpha value is -1.68. The number of ether oxygens (including phenoxy) is 1. The molecule has 0 atom stereocenters. The number of nitrogens with zero attached hydrogens (tertiary/aromatic N) is 5. The zero-order valence-electron chi connectivity index (χ0n) is 18.9. The highest BCUT2D eigenvalue weighted by atomic mass is 127. The van der Waals surface area contributed by atoms with Gasteiger partial charge in [0, 0.05) is 44.5 Å². The van der Waals surface area contributed by atoms with Crippen molar-refractivity contribution in [3.8, 4) is 0 Å². The maximum Gasteiger partial charge on any atom is 0.198 e. The van der Waals surface area contributed by atoms with E-state index in [1.165, 1.54) is 36.9 Å². The fourth-order valence-electron chi connectivity index (χ4n) is 4.79. The molecule has 1 aromatic carbocycles. The molecule has 1 N–H and O–H groups in total. The number of rotatable bonds is 7. The minimum absolute atomic E-state index is 0. The summed E-state index contributed by atoms with van der Waals surface area (Å²) in [5, 5.41) is 12.1. The van der Waals surface area contributed by atoms with Crippen LogP contribution in [0.2, 0.25) is 0 Å². The number of guanidine groups is 1. The normalized spacial score (nSPS) is 17.1. The number of aromatic nitrogens is 3. The third-order valence-corrected chi connectivity index (χ3v) is 6.55. The Morgan fingerprint density at radius 2 is 2.00 bits per heavy atom. The summed E-state index contributed by atoms with van der Waals surface area (Å²) < 4.78 is 7.51. The van der Waals surface area contributed by atoms with E-state index >= 15 is 0 Å². The Morgan fingerprint density at radius 1 is 1.23 bits per heavy atom. The molecule has 31 heavy (non-hydrogen) atoms. The molecule has 0 saturated heterocycles. The number of hydrogen-bond donors (Lipinski definition) is 1. The Kier molecular flexibility index (Phi) is 8.32. The predicted octanol–water partition coefficient (Wildman–Crippen LogP) is 3.95. The minimum Gasteiger partial charge on any atom is -0.382 e. The Balaban J connectivity index is 0.00000272. The van der Waals surface area contributed by atoms with Crippen molar-refractivity contribution in [2.45, 2.75) is 57.9 Å². The van der Waals surface area contributed by atoms with Crippen LogP contribution in [0.5, 0.6) is 0 Å². The smallest absolute Gasteiger partial charge is 0.198 e. The minimum atomic E-state index is 0. The highest BCUT2D eigenvalue weighted by Gasteiger charge is 2.45. The van der Waals surface area contributed by atoms with Crippen LogP contribution < -0.4 is 10.2 Å². The molecule has 0 radical (unpaired) electrons. The number of fused-ring (bicyclic) bond motifs is 2. The van der Waals surface area contributed by atoms with Crippen molar-refractivity contribution in [1.82, 2.24) is 20.1 Å². The third kappa shape index (κ3) is 5.05. The van der Waals surface area contributed by atoms with Crippen molar-refractivity contribution in [2.75, 3.05) is 31.2 Å². The van der Waals surface area contributed by atoms with Gasteiger partial charge in [0.1, 0.15) is 12.4 Å². The molecule has 0 bridgehead atoms. The number of halogens is 1. The lowest BCUT2D eigenvalue weighted by molar-refractivity contribution is 0.145. The first-order chi connectivity index (χ1) is 14.6. The van der Waals surface area contributed by atoms with Gasteiger partial charge in [-0.3, -0.25) is 0 Å². The van der Waals surface area contributed by atoms with Crippen LogP contribution in [-0.4, -0.2) is 47.0 Å². The summed E-state index contributed by atoms with van der Waals surface area (Å²) in [5.74, 6) is 2.72. The number of para-hydroxylation sites is 1. The molecule has 2 aromatic rings. The van der Waals surface area contributed by atoms with Gasteiger partial charge in [0.05, 0.1) is 0 Å². The summed E-state index contributed by atoms with van der Waals surface area (Å²) in [6.07, 6.45) is 6.11. The maximum absolute atomic E-state index is 5.51. The van der Waals surface area contributed by atoms with E-state index in [2.05, 4.69) is 44.7 Å². The first-order valence-electron chi connectivity index (χ1n) is 11.2. The standard InChI is InChI=1S/C23H34N6O.HI/c1-4-30-15-9-14-24-22(25-16-21-27-26-18(2)28(21)3)29-17-23(12-7-8-13-23)19-10-5-6-11-20(19)29;/h5-6,10-11H,4,7-9,12-17H2,1-3H3,(H,24,25);1H. The van der Waals surface area contributed by atoms with E-state index in [0.29, 0.717) is 6.54 Å². The number of benzene rings is 1. The Labute approximate surface area is 202 Å². The van der Waals surface area contributed by atoms with Gasteiger partial charge in [-0.1, -0.05) is 31.0 Å². The second-order valence-electron chi connectivity index (χ2n) is 8.43. The van der Waals surface area contributed by atoms with E-state index in [4.69, 9.17) is 9.73 Å². The quantitative estimate of drug-likeness (QED) is 0.250. The molecule has 2 aliphatic rings. The molecule has 1 saturated carbocycles. The summed E-state index contributed by atoms with van der Waals surface area (Å²) in [7, 11) is 1.99. The second-order valence-corrected chi connectivity index (χ2v) is 8.43.